The topological polar surface area (TPSA) is 59.1 Å². The maximum absolute atomic E-state index is 13.6. The van der Waals surface area contributed by atoms with Crippen molar-refractivity contribution in [2.75, 3.05) is 44.2 Å². The van der Waals surface area contributed by atoms with Crippen LogP contribution in [0.4, 0.5) is 23.7 Å². The van der Waals surface area contributed by atoms with Gasteiger partial charge >= 0.3 is 6.03 Å². The molecule has 2 heterocycles. The van der Waals surface area contributed by atoms with Crippen LogP contribution in [-0.2, 0) is 6.54 Å². The summed E-state index contributed by atoms with van der Waals surface area (Å²) >= 11 is 0. The summed E-state index contributed by atoms with van der Waals surface area (Å²) in [6, 6.07) is 11.8. The van der Waals surface area contributed by atoms with Gasteiger partial charge in [0.25, 0.3) is 0 Å². The summed E-state index contributed by atoms with van der Waals surface area (Å²) in [6.45, 7) is 5.84. The van der Waals surface area contributed by atoms with Crippen LogP contribution in [0.25, 0.3) is 0 Å². The number of halogens is 3. The molecule has 2 aliphatic heterocycles. The smallest absolute Gasteiger partial charge is 0.317 e. The summed E-state index contributed by atoms with van der Waals surface area (Å²) in [5.74, 6) is -3.93. The van der Waals surface area contributed by atoms with Gasteiger partial charge in [0, 0.05) is 69.7 Å². The Bertz CT molecular complexity index is 992. The van der Waals surface area contributed by atoms with Crippen LogP contribution in [0, 0.1) is 17.5 Å². The minimum atomic E-state index is -1.48. The molecule has 35 heavy (non-hydrogen) atoms. The number of aliphatic hydroxyl groups is 1. The van der Waals surface area contributed by atoms with Gasteiger partial charge in [0.2, 0.25) is 0 Å². The summed E-state index contributed by atoms with van der Waals surface area (Å²) in [5, 5.41) is 13.9. The van der Waals surface area contributed by atoms with Crippen molar-refractivity contribution >= 4 is 11.7 Å². The number of rotatable bonds is 6. The number of piperidine rings is 1. The standard InChI is InChI=1S/C26H33F3N4O2/c1-19-17-32(21-15-22(27)24(29)23(28)16-21)13-14-33(19)25(34)30-10-7-26(35)8-11-31(12-9-26)18-20-5-3-2-4-6-20/h2-6,15-16,19,35H,7-14,17-18H2,1H3,(H,30,34). The normalized spacial score (nSPS) is 20.7. The number of hydrogen-bond donors (Lipinski definition) is 2. The Morgan fingerprint density at radius 2 is 1.71 bits per heavy atom. The Morgan fingerprint density at radius 1 is 1.06 bits per heavy atom. The molecule has 2 fully saturated rings. The Kier molecular flexibility index (Phi) is 7.86. The van der Waals surface area contributed by atoms with Crippen LogP contribution in [0.2, 0.25) is 0 Å². The van der Waals surface area contributed by atoms with Crippen LogP contribution in [0.1, 0.15) is 31.7 Å². The third kappa shape index (κ3) is 6.27. The van der Waals surface area contributed by atoms with Crippen molar-refractivity contribution in [1.29, 1.82) is 0 Å². The molecule has 190 valence electrons. The highest BCUT2D eigenvalue weighted by Crippen LogP contribution is 2.27. The van der Waals surface area contributed by atoms with Crippen LogP contribution < -0.4 is 10.2 Å². The van der Waals surface area contributed by atoms with E-state index in [1.54, 1.807) is 9.80 Å². The van der Waals surface area contributed by atoms with Crippen molar-refractivity contribution in [2.45, 2.75) is 44.4 Å². The van der Waals surface area contributed by atoms with Gasteiger partial charge in [0.05, 0.1) is 5.60 Å². The zero-order chi connectivity index (χ0) is 25.0. The molecule has 6 nitrogen and oxygen atoms in total. The first-order chi connectivity index (χ1) is 16.7. The van der Waals surface area contributed by atoms with Crippen LogP contribution in [0.3, 0.4) is 0 Å². The molecule has 2 amide bonds. The average molecular weight is 491 g/mol. The van der Waals surface area contributed by atoms with Crippen LogP contribution in [0.15, 0.2) is 42.5 Å². The van der Waals surface area contributed by atoms with Gasteiger partial charge in [-0.15, -0.1) is 0 Å². The number of urea groups is 1. The predicted octanol–water partition coefficient (Wildman–Crippen LogP) is 3.74. The number of carbonyl (C=O) groups excluding carboxylic acids is 1. The Morgan fingerprint density at radius 3 is 2.34 bits per heavy atom. The van der Waals surface area contributed by atoms with Gasteiger partial charge in [-0.05, 0) is 31.7 Å². The van der Waals surface area contributed by atoms with Gasteiger partial charge < -0.3 is 20.2 Å². The maximum atomic E-state index is 13.6. The van der Waals surface area contributed by atoms with Crippen molar-refractivity contribution in [1.82, 2.24) is 15.1 Å². The molecular weight excluding hydrogens is 457 g/mol. The molecule has 2 aromatic rings. The molecule has 2 saturated heterocycles. The molecule has 0 aromatic heterocycles. The van der Waals surface area contributed by atoms with E-state index in [1.807, 2.05) is 25.1 Å². The molecule has 2 N–H and O–H groups in total. The molecule has 4 rings (SSSR count). The molecule has 0 spiro atoms. The maximum Gasteiger partial charge on any atom is 0.317 e. The fourth-order valence-electron chi connectivity index (χ4n) is 4.94. The minimum Gasteiger partial charge on any atom is -0.390 e. The molecule has 0 radical (unpaired) electrons. The second-order valence-corrected chi connectivity index (χ2v) is 9.68. The molecule has 0 bridgehead atoms. The van der Waals surface area contributed by atoms with Crippen LogP contribution in [0.5, 0.6) is 0 Å². The van der Waals surface area contributed by atoms with E-state index in [0.29, 0.717) is 45.4 Å². The lowest BCUT2D eigenvalue weighted by Gasteiger charge is -2.41. The van der Waals surface area contributed by atoms with Gasteiger partial charge in [0.1, 0.15) is 0 Å². The number of likely N-dealkylation sites (tertiary alicyclic amines) is 1. The van der Waals surface area contributed by atoms with E-state index in [0.717, 1.165) is 31.8 Å². The van der Waals surface area contributed by atoms with Gasteiger partial charge in [-0.2, -0.15) is 0 Å². The Labute approximate surface area is 204 Å². The number of amides is 2. The van der Waals surface area contributed by atoms with Crippen molar-refractivity contribution in [3.05, 3.63) is 65.5 Å². The van der Waals surface area contributed by atoms with E-state index < -0.39 is 23.1 Å². The van der Waals surface area contributed by atoms with Gasteiger partial charge in [-0.3, -0.25) is 4.90 Å². The minimum absolute atomic E-state index is 0.204. The fraction of sp³-hybridized carbons (Fsp3) is 0.500. The van der Waals surface area contributed by atoms with E-state index in [-0.39, 0.29) is 17.8 Å². The van der Waals surface area contributed by atoms with Crippen molar-refractivity contribution < 1.29 is 23.1 Å². The van der Waals surface area contributed by atoms with Crippen molar-refractivity contribution in [3.63, 3.8) is 0 Å². The third-order valence-corrected chi connectivity index (χ3v) is 7.12. The van der Waals surface area contributed by atoms with E-state index in [9.17, 15) is 23.1 Å². The monoisotopic (exact) mass is 490 g/mol. The fourth-order valence-corrected chi connectivity index (χ4v) is 4.94. The molecule has 2 aromatic carbocycles. The molecular formula is C26H33F3N4O2. The Hall–Kier alpha value is -2.78. The summed E-state index contributed by atoms with van der Waals surface area (Å²) in [6.07, 6.45) is 1.81. The first-order valence-electron chi connectivity index (χ1n) is 12.2. The van der Waals surface area contributed by atoms with Gasteiger partial charge in [-0.25, -0.2) is 18.0 Å². The molecule has 1 unspecified atom stereocenters. The molecule has 0 aliphatic carbocycles. The van der Waals surface area contributed by atoms with E-state index >= 15 is 0 Å². The largest absolute Gasteiger partial charge is 0.390 e. The first-order valence-corrected chi connectivity index (χ1v) is 12.2. The van der Waals surface area contributed by atoms with E-state index in [1.165, 1.54) is 5.56 Å². The highest BCUT2D eigenvalue weighted by atomic mass is 19.2. The zero-order valence-electron chi connectivity index (χ0n) is 20.0. The average Bonchev–Trinajstić information content (AvgIpc) is 2.84. The number of nitrogens with zero attached hydrogens (tertiary/aromatic N) is 3. The van der Waals surface area contributed by atoms with Gasteiger partial charge in [-0.1, -0.05) is 30.3 Å². The number of piperazine rings is 1. The van der Waals surface area contributed by atoms with Crippen molar-refractivity contribution in [3.8, 4) is 0 Å². The molecule has 0 saturated carbocycles. The summed E-state index contributed by atoms with van der Waals surface area (Å²) < 4.78 is 40.5. The zero-order valence-corrected chi connectivity index (χ0v) is 20.0. The van der Waals surface area contributed by atoms with E-state index in [2.05, 4.69) is 22.3 Å². The number of hydrogen-bond acceptors (Lipinski definition) is 4. The lowest BCUT2D eigenvalue weighted by atomic mass is 9.88. The van der Waals surface area contributed by atoms with Crippen LogP contribution >= 0.6 is 0 Å². The molecule has 2 aliphatic rings. The second-order valence-electron chi connectivity index (χ2n) is 9.68. The lowest BCUT2D eigenvalue weighted by Crippen LogP contribution is -2.57. The summed E-state index contributed by atoms with van der Waals surface area (Å²) in [5.41, 5.74) is 0.727. The SMILES string of the molecule is CC1CN(c2cc(F)c(F)c(F)c2)CCN1C(=O)NCCC1(O)CCN(Cc2ccccc2)CC1. The first kappa shape index (κ1) is 25.3. The van der Waals surface area contributed by atoms with E-state index in [4.69, 9.17) is 0 Å². The second kappa shape index (κ2) is 10.9. The summed E-state index contributed by atoms with van der Waals surface area (Å²) in [7, 11) is 0. The quantitative estimate of drug-likeness (QED) is 0.606. The number of anilines is 1. The van der Waals surface area contributed by atoms with Crippen LogP contribution in [-0.4, -0.2) is 71.8 Å². The summed E-state index contributed by atoms with van der Waals surface area (Å²) in [4.78, 5) is 18.5. The van der Waals surface area contributed by atoms with Crippen molar-refractivity contribution in [2.24, 2.45) is 0 Å². The molecule has 9 heteroatoms. The highest BCUT2D eigenvalue weighted by Gasteiger charge is 2.33. The number of benzene rings is 2. The number of carbonyl (C=O) groups is 1. The Balaban J connectivity index is 1.21. The predicted molar refractivity (Wildman–Crippen MR) is 129 cm³/mol. The molecule has 1 atom stereocenters. The lowest BCUT2D eigenvalue weighted by molar-refractivity contribution is -0.0284. The van der Waals surface area contributed by atoms with Gasteiger partial charge in [0.15, 0.2) is 17.5 Å². The third-order valence-electron chi connectivity index (χ3n) is 7.12. The highest BCUT2D eigenvalue weighted by molar-refractivity contribution is 5.75. The number of nitrogens with one attached hydrogen (secondary N) is 1.